The van der Waals surface area contributed by atoms with Gasteiger partial charge >= 0.3 is 23.2 Å². The molecular weight excluding hydrogens is 408 g/mol. The molecule has 0 aromatic carbocycles. The Balaban J connectivity index is -0.0000000793. The molecule has 0 heterocycles. The highest BCUT2D eigenvalue weighted by Gasteiger charge is 1.92. The van der Waals surface area contributed by atoms with Crippen LogP contribution in [-0.2, 0) is 37.3 Å². The van der Waals surface area contributed by atoms with Gasteiger partial charge in [-0.3, -0.25) is 9.13 Å². The molecule has 0 fully saturated rings. The zero-order valence-electron chi connectivity index (χ0n) is 8.96. The van der Waals surface area contributed by atoms with Gasteiger partial charge in [-0.2, -0.15) is 0 Å². The normalized spacial score (nSPS) is 11.9. The van der Waals surface area contributed by atoms with Crippen LogP contribution in [-0.4, -0.2) is 46.3 Å². The van der Waals surface area contributed by atoms with E-state index in [9.17, 15) is 4.57 Å². The van der Waals surface area contributed by atoms with Gasteiger partial charge in [0.2, 0.25) is 5.69 Å². The molecule has 0 aliphatic heterocycles. The van der Waals surface area contributed by atoms with E-state index in [1.165, 1.54) is 7.11 Å². The van der Waals surface area contributed by atoms with Crippen LogP contribution in [0.15, 0.2) is 0 Å². The minimum atomic E-state index is -3.81. The zero-order chi connectivity index (χ0) is 16.9. The molecule has 0 aromatic heterocycles. The smallest absolute Gasteiger partial charge is 0.319 e. The molecule has 18 heteroatoms. The molecule has 1 unspecified atom stereocenters. The average molecular weight is 422 g/mol. The first-order valence-corrected chi connectivity index (χ1v) is 12.3. The van der Waals surface area contributed by atoms with Gasteiger partial charge in [0.1, 0.15) is 0 Å². The Morgan fingerprint density at radius 2 is 1.05 bits per heavy atom. The second-order valence-corrected chi connectivity index (χ2v) is 10.8. The Morgan fingerprint density at radius 3 is 1.05 bits per heavy atom. The first-order chi connectivity index (χ1) is 8.00. The molecule has 0 saturated heterocycles. The summed E-state index contributed by atoms with van der Waals surface area (Å²) in [4.78, 5) is 60.4. The van der Waals surface area contributed by atoms with Crippen LogP contribution < -0.4 is 0 Å². The van der Waals surface area contributed by atoms with E-state index in [0.717, 1.165) is 0 Å². The molecule has 11 nitrogen and oxygen atoms in total. The molecule has 0 radical (unpaired) electrons. The first kappa shape index (κ1) is 28.8. The second kappa shape index (κ2) is 16.1. The topological polar surface area (TPSA) is 205 Å². The quantitative estimate of drug-likeness (QED) is 0.178. The number of rotatable bonds is 1. The number of hydrogen-bond acceptors (Lipinski definition) is 5. The summed E-state index contributed by atoms with van der Waals surface area (Å²) < 4.78 is 21.9. The highest BCUT2D eigenvalue weighted by atomic mass is 32.9. The standard InChI is InChI=1S/CH5O3P.H3O3PS.H3O3P.H3O2PS2/c1-4-5(2)3;1-4(2,3)5;1-4(2)3;1-3(2,4)5/h5H,1H3,(H,2,3);(H3,1,2,3,5);4H,(H2,1,2,3);(H3,1,2,4,5). The van der Waals surface area contributed by atoms with Crippen LogP contribution in [0.1, 0.15) is 0 Å². The lowest BCUT2D eigenvalue weighted by Gasteiger charge is -1.88. The molecule has 0 saturated carbocycles. The summed E-state index contributed by atoms with van der Waals surface area (Å²) in [5.74, 6) is 0. The van der Waals surface area contributed by atoms with E-state index in [4.69, 9.17) is 43.7 Å². The van der Waals surface area contributed by atoms with Crippen LogP contribution in [0.2, 0.25) is 0 Å². The van der Waals surface area contributed by atoms with Crippen molar-refractivity contribution in [3.05, 3.63) is 0 Å². The summed E-state index contributed by atoms with van der Waals surface area (Å²) in [5.41, 5.74) is -3.11. The highest BCUT2D eigenvalue weighted by Crippen LogP contribution is 2.39. The molecule has 8 N–H and O–H groups in total. The molecule has 0 bridgehead atoms. The van der Waals surface area contributed by atoms with E-state index in [-0.39, 0.29) is 0 Å². The van der Waals surface area contributed by atoms with Gasteiger partial charge in [0, 0.05) is 7.11 Å². The van der Waals surface area contributed by atoms with Crippen molar-refractivity contribution in [2.24, 2.45) is 0 Å². The van der Waals surface area contributed by atoms with Crippen molar-refractivity contribution in [3.63, 3.8) is 0 Å². The molecule has 19 heavy (non-hydrogen) atoms. The van der Waals surface area contributed by atoms with Crippen LogP contribution >= 0.6 is 41.2 Å². The van der Waals surface area contributed by atoms with E-state index in [0.29, 0.717) is 0 Å². The van der Waals surface area contributed by atoms with Gasteiger partial charge in [-0.1, -0.05) is 12.2 Å². The molecule has 1 atom stereocenters. The van der Waals surface area contributed by atoms with Crippen molar-refractivity contribution in [2.45, 2.75) is 0 Å². The fraction of sp³-hybridized carbons (Fsp3) is 1.00. The summed E-state index contributed by atoms with van der Waals surface area (Å²) >= 11 is 10.7. The van der Waals surface area contributed by atoms with E-state index in [2.05, 4.69) is 40.4 Å². The van der Waals surface area contributed by atoms with Crippen LogP contribution in [0.5, 0.6) is 0 Å². The Labute approximate surface area is 125 Å². The summed E-state index contributed by atoms with van der Waals surface area (Å²) in [5, 5.41) is 0. The van der Waals surface area contributed by atoms with Gasteiger partial charge in [-0.05, 0) is 23.6 Å². The van der Waals surface area contributed by atoms with Crippen molar-refractivity contribution in [3.8, 4) is 0 Å². The van der Waals surface area contributed by atoms with Crippen molar-refractivity contribution >= 4 is 64.8 Å². The number of hydrogen-bond donors (Lipinski definition) is 9. The van der Waals surface area contributed by atoms with Gasteiger partial charge < -0.3 is 43.7 Å². The van der Waals surface area contributed by atoms with Gasteiger partial charge in [0.15, 0.2) is 0 Å². The third kappa shape index (κ3) is 442. The fourth-order valence-corrected chi connectivity index (χ4v) is 0. The SMILES string of the molecule is CO[PH](=O)O.O=[PH](O)O.OP(O)(=S)S.OP(O)(O)=S. The molecule has 0 aliphatic carbocycles. The van der Waals surface area contributed by atoms with E-state index in [1.54, 1.807) is 0 Å². The minimum absolute atomic E-state index is 1.18. The molecule has 0 amide bonds. The summed E-state index contributed by atoms with van der Waals surface area (Å²) in [6.07, 6.45) is 0. The maximum atomic E-state index is 9.33. The van der Waals surface area contributed by atoms with E-state index in [1.807, 2.05) is 0 Å². The largest absolute Gasteiger partial charge is 0.338 e. The van der Waals surface area contributed by atoms with Gasteiger partial charge in [-0.25, -0.2) is 0 Å². The van der Waals surface area contributed by atoms with Gasteiger partial charge in [0.05, 0.1) is 0 Å². The molecule has 0 spiro atoms. The maximum absolute atomic E-state index is 9.33. The van der Waals surface area contributed by atoms with Crippen molar-refractivity contribution in [1.82, 2.24) is 0 Å². The van der Waals surface area contributed by atoms with Crippen LogP contribution in [0.25, 0.3) is 0 Å². The van der Waals surface area contributed by atoms with Gasteiger partial charge in [-0.15, -0.1) is 0 Å². The van der Waals surface area contributed by atoms with Gasteiger partial charge in [0.25, 0.3) is 0 Å². The Hall–Kier alpha value is 1.75. The predicted octanol–water partition coefficient (Wildman–Crippen LogP) is -1.31. The van der Waals surface area contributed by atoms with Crippen molar-refractivity contribution < 1.29 is 52.8 Å². The third-order valence-electron chi connectivity index (χ3n) is 0.175. The summed E-state index contributed by atoms with van der Waals surface area (Å²) in [7, 11) is -4.57. The van der Waals surface area contributed by atoms with Crippen LogP contribution in [0, 0.1) is 0 Å². The molecule has 0 aromatic rings. The second-order valence-electron chi connectivity index (χ2n) is 1.78. The van der Waals surface area contributed by atoms with E-state index >= 15 is 0 Å². The fourth-order valence-electron chi connectivity index (χ4n) is 0. The molecule has 0 rings (SSSR count). The lowest BCUT2D eigenvalue weighted by atomic mass is 11.8. The van der Waals surface area contributed by atoms with Crippen LogP contribution in [0.3, 0.4) is 0 Å². The minimum Gasteiger partial charge on any atom is -0.338 e. The highest BCUT2D eigenvalue weighted by molar-refractivity contribution is 8.59. The maximum Gasteiger partial charge on any atom is 0.319 e. The molecule has 122 valence electrons. The lowest BCUT2D eigenvalue weighted by molar-refractivity contribution is 0.343. The Kier molecular flexibility index (Phi) is 24.5. The summed E-state index contributed by atoms with van der Waals surface area (Å²) in [6, 6.07) is 0. The lowest BCUT2D eigenvalue weighted by Crippen LogP contribution is -1.65. The van der Waals surface area contributed by atoms with Crippen LogP contribution in [0.4, 0.5) is 0 Å². The zero-order valence-corrected chi connectivity index (χ0v) is 15.3. The predicted molar refractivity (Wildman–Crippen MR) is 80.3 cm³/mol. The van der Waals surface area contributed by atoms with E-state index < -0.39 is 28.9 Å². The molecule has 0 aliphatic rings. The first-order valence-electron chi connectivity index (χ1n) is 3.26. The summed E-state index contributed by atoms with van der Waals surface area (Å²) in [6.45, 7) is -3.81. The Morgan fingerprint density at radius 1 is 1.00 bits per heavy atom. The Bertz CT molecular complexity index is 290. The molecular formula is CH14O11P4S3. The third-order valence-corrected chi connectivity index (χ3v) is 0.524. The average Bonchev–Trinajstić information content (AvgIpc) is 1.95. The van der Waals surface area contributed by atoms with Crippen molar-refractivity contribution in [1.29, 1.82) is 0 Å². The van der Waals surface area contributed by atoms with Crippen molar-refractivity contribution in [2.75, 3.05) is 7.11 Å². The monoisotopic (exact) mass is 422 g/mol. The number of thiol groups is 1.